The quantitative estimate of drug-likeness (QED) is 0.0453. The number of hydrogen-bond acceptors (Lipinski definition) is 6. The fourth-order valence-electron chi connectivity index (χ4n) is 7.39. The number of esters is 2. The van der Waals surface area contributed by atoms with Crippen LogP contribution < -0.4 is 0 Å². The van der Waals surface area contributed by atoms with Crippen LogP contribution in [0.2, 0.25) is 0 Å². The smallest absolute Gasteiger partial charge is 0.306 e. The maximum atomic E-state index is 12.8. The number of rotatable bonds is 43. The molecule has 0 aromatic carbocycles. The number of nitrogens with zero attached hydrogens (tertiary/aromatic N) is 2. The molecule has 0 saturated carbocycles. The van der Waals surface area contributed by atoms with Crippen molar-refractivity contribution in [3.63, 3.8) is 0 Å². The Morgan fingerprint density at radius 2 is 0.782 bits per heavy atom. The van der Waals surface area contributed by atoms with Crippen LogP contribution in [0, 0.1) is 0 Å². The van der Waals surface area contributed by atoms with E-state index in [1.54, 1.807) is 4.90 Å². The molecule has 7 nitrogen and oxygen atoms in total. The SMILES string of the molecule is CCCCCCCCOC(=O)CCCCCCCN(CCCCCCCC(=O)OC(CCCCCCCC)CCCCCCCC)CCCCC(=O)N(C)C. The van der Waals surface area contributed by atoms with Crippen LogP contribution in [0.25, 0.3) is 0 Å². The lowest BCUT2D eigenvalue weighted by Gasteiger charge is -2.22. The molecule has 7 heteroatoms. The number of ether oxygens (including phenoxy) is 2. The van der Waals surface area contributed by atoms with E-state index in [9.17, 15) is 14.4 Å². The molecule has 0 N–H and O–H groups in total. The van der Waals surface area contributed by atoms with Gasteiger partial charge in [-0.15, -0.1) is 0 Å². The maximum absolute atomic E-state index is 12.8. The average molecular weight is 779 g/mol. The Balaban J connectivity index is 4.36. The number of carbonyl (C=O) groups excluding carboxylic acids is 3. The number of hydrogen-bond donors (Lipinski definition) is 0. The van der Waals surface area contributed by atoms with Crippen LogP contribution in [0.5, 0.6) is 0 Å². The fraction of sp³-hybridized carbons (Fsp3) is 0.938. The minimum atomic E-state index is -0.0290. The first-order valence-electron chi connectivity index (χ1n) is 24.1. The van der Waals surface area contributed by atoms with E-state index in [4.69, 9.17) is 9.47 Å². The van der Waals surface area contributed by atoms with Crippen LogP contribution in [0.15, 0.2) is 0 Å². The standard InChI is InChI=1S/C48H94N2O5/c1-6-9-12-15-20-27-36-45(37-28-21-16-13-10-7-2)55-48(53)40-30-23-19-25-33-42-50(43-34-31-38-46(51)49(4)5)41-32-24-18-22-29-39-47(52)54-44-35-26-17-14-11-8-3/h45H,6-44H2,1-5H3. The first kappa shape index (κ1) is 53.4. The van der Waals surface area contributed by atoms with Gasteiger partial charge in [0.05, 0.1) is 6.61 Å². The summed E-state index contributed by atoms with van der Waals surface area (Å²) < 4.78 is 11.5. The van der Waals surface area contributed by atoms with Gasteiger partial charge < -0.3 is 19.3 Å². The van der Waals surface area contributed by atoms with Crippen molar-refractivity contribution in [1.82, 2.24) is 9.80 Å². The van der Waals surface area contributed by atoms with Crippen LogP contribution in [0.1, 0.15) is 245 Å². The Morgan fingerprint density at radius 3 is 1.25 bits per heavy atom. The van der Waals surface area contributed by atoms with E-state index in [0.29, 0.717) is 25.9 Å². The van der Waals surface area contributed by atoms with Gasteiger partial charge in [-0.3, -0.25) is 14.4 Å². The summed E-state index contributed by atoms with van der Waals surface area (Å²) in [6, 6.07) is 0. The second-order valence-electron chi connectivity index (χ2n) is 16.8. The van der Waals surface area contributed by atoms with Crippen molar-refractivity contribution in [1.29, 1.82) is 0 Å². The van der Waals surface area contributed by atoms with Gasteiger partial charge in [0.1, 0.15) is 6.10 Å². The zero-order valence-corrected chi connectivity index (χ0v) is 37.6. The molecule has 0 aromatic rings. The fourth-order valence-corrected chi connectivity index (χ4v) is 7.39. The molecule has 1 amide bonds. The number of carbonyl (C=O) groups is 3. The van der Waals surface area contributed by atoms with Crippen molar-refractivity contribution in [2.75, 3.05) is 40.3 Å². The summed E-state index contributed by atoms with van der Waals surface area (Å²) in [5.74, 6) is 0.204. The highest BCUT2D eigenvalue weighted by molar-refractivity contribution is 5.75. The summed E-state index contributed by atoms with van der Waals surface area (Å²) in [5, 5.41) is 0. The van der Waals surface area contributed by atoms with E-state index in [-0.39, 0.29) is 23.9 Å². The summed E-state index contributed by atoms with van der Waals surface area (Å²) in [6.45, 7) is 10.6. The topological polar surface area (TPSA) is 76.1 Å². The van der Waals surface area contributed by atoms with Crippen molar-refractivity contribution >= 4 is 17.8 Å². The molecule has 0 aliphatic heterocycles. The molecule has 0 fully saturated rings. The molecule has 55 heavy (non-hydrogen) atoms. The Labute approximate surface area is 342 Å². The van der Waals surface area contributed by atoms with E-state index in [0.717, 1.165) is 90.3 Å². The van der Waals surface area contributed by atoms with Gasteiger partial charge in [0.2, 0.25) is 5.91 Å². The van der Waals surface area contributed by atoms with E-state index in [1.807, 2.05) is 14.1 Å². The minimum absolute atomic E-state index is 0.0179. The maximum Gasteiger partial charge on any atom is 0.306 e. The van der Waals surface area contributed by atoms with Crippen molar-refractivity contribution in [3.8, 4) is 0 Å². The van der Waals surface area contributed by atoms with Gasteiger partial charge in [0, 0.05) is 33.4 Å². The Kier molecular flexibility index (Phi) is 40.7. The van der Waals surface area contributed by atoms with Crippen molar-refractivity contribution in [2.45, 2.75) is 252 Å². The van der Waals surface area contributed by atoms with E-state index < -0.39 is 0 Å². The van der Waals surface area contributed by atoms with Crippen molar-refractivity contribution in [3.05, 3.63) is 0 Å². The van der Waals surface area contributed by atoms with Crippen LogP contribution in [0.3, 0.4) is 0 Å². The van der Waals surface area contributed by atoms with Crippen LogP contribution >= 0.6 is 0 Å². The molecule has 0 saturated heterocycles. The largest absolute Gasteiger partial charge is 0.466 e. The lowest BCUT2D eigenvalue weighted by atomic mass is 10.0. The van der Waals surface area contributed by atoms with Crippen molar-refractivity contribution in [2.24, 2.45) is 0 Å². The molecular weight excluding hydrogens is 685 g/mol. The predicted octanol–water partition coefficient (Wildman–Crippen LogP) is 13.5. The summed E-state index contributed by atoms with van der Waals surface area (Å²) in [7, 11) is 3.67. The van der Waals surface area contributed by atoms with Gasteiger partial charge in [0.15, 0.2) is 0 Å². The number of amides is 1. The molecule has 0 aliphatic rings. The molecule has 0 bridgehead atoms. The average Bonchev–Trinajstić information content (AvgIpc) is 3.17. The van der Waals surface area contributed by atoms with Crippen LogP contribution in [-0.2, 0) is 23.9 Å². The van der Waals surface area contributed by atoms with Gasteiger partial charge >= 0.3 is 11.9 Å². The summed E-state index contributed by atoms with van der Waals surface area (Å²) in [5.41, 5.74) is 0. The van der Waals surface area contributed by atoms with E-state index in [2.05, 4.69) is 25.7 Å². The highest BCUT2D eigenvalue weighted by Gasteiger charge is 2.15. The highest BCUT2D eigenvalue weighted by Crippen LogP contribution is 2.19. The molecule has 0 radical (unpaired) electrons. The molecule has 0 aliphatic carbocycles. The summed E-state index contributed by atoms with van der Waals surface area (Å²) in [4.78, 5) is 41.2. The zero-order valence-electron chi connectivity index (χ0n) is 37.6. The predicted molar refractivity (Wildman–Crippen MR) is 235 cm³/mol. The first-order chi connectivity index (χ1) is 26.8. The molecule has 0 heterocycles. The van der Waals surface area contributed by atoms with Crippen LogP contribution in [-0.4, -0.2) is 74.1 Å². The summed E-state index contributed by atoms with van der Waals surface area (Å²) >= 11 is 0. The van der Waals surface area contributed by atoms with Crippen molar-refractivity contribution < 1.29 is 23.9 Å². The molecule has 326 valence electrons. The molecule has 0 rings (SSSR count). The summed E-state index contributed by atoms with van der Waals surface area (Å²) in [6.07, 6.45) is 39.7. The van der Waals surface area contributed by atoms with Gasteiger partial charge in [-0.2, -0.15) is 0 Å². The molecule has 0 unspecified atom stereocenters. The molecule has 0 spiro atoms. The molecular formula is C48H94N2O5. The molecule has 0 atom stereocenters. The zero-order chi connectivity index (χ0) is 40.5. The lowest BCUT2D eigenvalue weighted by Crippen LogP contribution is -2.28. The Hall–Kier alpha value is -1.63. The third-order valence-electron chi connectivity index (χ3n) is 11.1. The van der Waals surface area contributed by atoms with E-state index >= 15 is 0 Å². The second-order valence-corrected chi connectivity index (χ2v) is 16.8. The van der Waals surface area contributed by atoms with Gasteiger partial charge in [-0.1, -0.05) is 156 Å². The van der Waals surface area contributed by atoms with Gasteiger partial charge in [0.25, 0.3) is 0 Å². The monoisotopic (exact) mass is 779 g/mol. The minimum Gasteiger partial charge on any atom is -0.466 e. The van der Waals surface area contributed by atoms with Crippen LogP contribution in [0.4, 0.5) is 0 Å². The Bertz CT molecular complexity index is 834. The normalized spacial score (nSPS) is 11.5. The molecule has 0 aromatic heterocycles. The lowest BCUT2D eigenvalue weighted by molar-refractivity contribution is -0.150. The first-order valence-corrected chi connectivity index (χ1v) is 24.1. The number of unbranched alkanes of at least 4 members (excludes halogenated alkanes) is 24. The third-order valence-corrected chi connectivity index (χ3v) is 11.1. The van der Waals surface area contributed by atoms with E-state index in [1.165, 1.54) is 135 Å². The van der Waals surface area contributed by atoms with Gasteiger partial charge in [-0.25, -0.2) is 0 Å². The highest BCUT2D eigenvalue weighted by atomic mass is 16.5. The third kappa shape index (κ3) is 39.0. The second kappa shape index (κ2) is 42.0. The van der Waals surface area contributed by atoms with Gasteiger partial charge in [-0.05, 0) is 90.3 Å². The Morgan fingerprint density at radius 1 is 0.418 bits per heavy atom.